The average molecular weight is 334 g/mol. The SMILES string of the molecule is [C-]#[N+]c1ccc(-c2ccc(CC(C)CCCCCCCC)cc2)cc1. The summed E-state index contributed by atoms with van der Waals surface area (Å²) in [6, 6.07) is 16.8. The van der Waals surface area contributed by atoms with Gasteiger partial charge in [-0.1, -0.05) is 107 Å². The van der Waals surface area contributed by atoms with Gasteiger partial charge in [0, 0.05) is 0 Å². The van der Waals surface area contributed by atoms with Crippen molar-refractivity contribution in [2.75, 3.05) is 0 Å². The van der Waals surface area contributed by atoms with E-state index in [-0.39, 0.29) is 0 Å². The molecule has 0 bridgehead atoms. The molecular formula is C24H31N. The Morgan fingerprint density at radius 3 is 1.96 bits per heavy atom. The van der Waals surface area contributed by atoms with Crippen LogP contribution in [0, 0.1) is 12.5 Å². The molecule has 0 aliphatic rings. The lowest BCUT2D eigenvalue weighted by molar-refractivity contribution is 0.481. The Balaban J connectivity index is 1.78. The number of unbranched alkanes of at least 4 members (excludes halogenated alkanes) is 5. The molecule has 25 heavy (non-hydrogen) atoms. The summed E-state index contributed by atoms with van der Waals surface area (Å²) in [4.78, 5) is 3.45. The summed E-state index contributed by atoms with van der Waals surface area (Å²) in [5.41, 5.74) is 4.53. The highest BCUT2D eigenvalue weighted by molar-refractivity contribution is 5.66. The van der Waals surface area contributed by atoms with E-state index >= 15 is 0 Å². The molecule has 0 amide bonds. The first-order valence-corrected chi connectivity index (χ1v) is 9.79. The molecule has 0 spiro atoms. The lowest BCUT2D eigenvalue weighted by Crippen LogP contribution is -2.00. The van der Waals surface area contributed by atoms with E-state index in [1.165, 1.54) is 68.1 Å². The first-order valence-electron chi connectivity index (χ1n) is 9.79. The van der Waals surface area contributed by atoms with Gasteiger partial charge in [-0.05, 0) is 29.0 Å². The highest BCUT2D eigenvalue weighted by Crippen LogP contribution is 2.24. The Labute approximate surface area is 153 Å². The molecule has 0 radical (unpaired) electrons. The summed E-state index contributed by atoms with van der Waals surface area (Å²) in [6.45, 7) is 11.7. The topological polar surface area (TPSA) is 4.36 Å². The van der Waals surface area contributed by atoms with Crippen LogP contribution in [-0.4, -0.2) is 0 Å². The van der Waals surface area contributed by atoms with Gasteiger partial charge in [0.05, 0.1) is 6.57 Å². The van der Waals surface area contributed by atoms with Crippen molar-refractivity contribution >= 4 is 5.69 Å². The van der Waals surface area contributed by atoms with Gasteiger partial charge in [-0.15, -0.1) is 0 Å². The van der Waals surface area contributed by atoms with Gasteiger partial charge in [-0.3, -0.25) is 0 Å². The molecule has 0 heterocycles. The Morgan fingerprint density at radius 1 is 0.800 bits per heavy atom. The molecule has 2 aromatic rings. The first kappa shape index (κ1) is 19.3. The summed E-state index contributed by atoms with van der Waals surface area (Å²) in [7, 11) is 0. The van der Waals surface area contributed by atoms with Gasteiger partial charge in [-0.2, -0.15) is 0 Å². The standard InChI is InChI=1S/C24H31N/c1-4-5-6-7-8-9-10-20(2)19-21-11-13-22(14-12-21)23-15-17-24(25-3)18-16-23/h11-18,20H,4-10,19H2,1-2H3. The van der Waals surface area contributed by atoms with Crippen LogP contribution >= 0.6 is 0 Å². The minimum absolute atomic E-state index is 0.698. The fourth-order valence-corrected chi connectivity index (χ4v) is 3.34. The van der Waals surface area contributed by atoms with E-state index in [1.807, 2.05) is 24.3 Å². The van der Waals surface area contributed by atoms with Crippen molar-refractivity contribution in [1.82, 2.24) is 0 Å². The number of benzene rings is 2. The molecule has 1 unspecified atom stereocenters. The zero-order valence-electron chi connectivity index (χ0n) is 15.8. The fraction of sp³-hybridized carbons (Fsp3) is 0.458. The quantitative estimate of drug-likeness (QED) is 0.308. The van der Waals surface area contributed by atoms with E-state index in [0.29, 0.717) is 5.69 Å². The summed E-state index contributed by atoms with van der Waals surface area (Å²) in [5.74, 6) is 0.759. The summed E-state index contributed by atoms with van der Waals surface area (Å²) < 4.78 is 0. The van der Waals surface area contributed by atoms with E-state index in [9.17, 15) is 0 Å². The third-order valence-electron chi connectivity index (χ3n) is 4.92. The lowest BCUT2D eigenvalue weighted by Gasteiger charge is -2.12. The second kappa shape index (κ2) is 10.7. The number of hydrogen-bond donors (Lipinski definition) is 0. The predicted molar refractivity (Wildman–Crippen MR) is 109 cm³/mol. The monoisotopic (exact) mass is 333 g/mol. The molecule has 2 aromatic carbocycles. The van der Waals surface area contributed by atoms with Crippen molar-refractivity contribution in [3.63, 3.8) is 0 Å². The minimum Gasteiger partial charge on any atom is -0.238 e. The molecule has 1 nitrogen and oxygen atoms in total. The van der Waals surface area contributed by atoms with E-state index < -0.39 is 0 Å². The summed E-state index contributed by atoms with van der Waals surface area (Å²) >= 11 is 0. The van der Waals surface area contributed by atoms with Crippen molar-refractivity contribution in [3.8, 4) is 11.1 Å². The van der Waals surface area contributed by atoms with Gasteiger partial charge in [0.1, 0.15) is 0 Å². The van der Waals surface area contributed by atoms with E-state index in [4.69, 9.17) is 6.57 Å². The van der Waals surface area contributed by atoms with Gasteiger partial charge in [0.2, 0.25) is 0 Å². The Hall–Kier alpha value is -2.07. The van der Waals surface area contributed by atoms with Crippen molar-refractivity contribution in [1.29, 1.82) is 0 Å². The van der Waals surface area contributed by atoms with Crippen LogP contribution in [0.1, 0.15) is 64.4 Å². The Bertz CT molecular complexity index is 646. The van der Waals surface area contributed by atoms with Gasteiger partial charge >= 0.3 is 0 Å². The molecule has 0 aliphatic carbocycles. The molecule has 0 fully saturated rings. The Morgan fingerprint density at radius 2 is 1.36 bits per heavy atom. The molecule has 2 rings (SSSR count). The van der Waals surface area contributed by atoms with Gasteiger partial charge < -0.3 is 0 Å². The molecule has 0 saturated heterocycles. The fourth-order valence-electron chi connectivity index (χ4n) is 3.34. The maximum absolute atomic E-state index is 7.03. The van der Waals surface area contributed by atoms with Crippen LogP contribution in [0.2, 0.25) is 0 Å². The molecular weight excluding hydrogens is 302 g/mol. The average Bonchev–Trinajstić information content (AvgIpc) is 2.65. The molecule has 0 aromatic heterocycles. The highest BCUT2D eigenvalue weighted by atomic mass is 14.6. The zero-order valence-corrected chi connectivity index (χ0v) is 15.8. The Kier molecular flexibility index (Phi) is 8.26. The van der Waals surface area contributed by atoms with E-state index in [1.54, 1.807) is 0 Å². The molecule has 0 aliphatic heterocycles. The summed E-state index contributed by atoms with van der Waals surface area (Å²) in [5, 5.41) is 0. The number of rotatable bonds is 10. The van der Waals surface area contributed by atoms with E-state index in [2.05, 4.69) is 43.0 Å². The van der Waals surface area contributed by atoms with Crippen LogP contribution in [0.15, 0.2) is 48.5 Å². The van der Waals surface area contributed by atoms with Crippen molar-refractivity contribution in [3.05, 3.63) is 65.5 Å². The number of hydrogen-bond acceptors (Lipinski definition) is 0. The maximum atomic E-state index is 7.03. The number of nitrogens with zero attached hydrogens (tertiary/aromatic N) is 1. The maximum Gasteiger partial charge on any atom is 0.187 e. The molecule has 0 saturated carbocycles. The minimum atomic E-state index is 0.698. The van der Waals surface area contributed by atoms with Crippen molar-refractivity contribution < 1.29 is 0 Å². The summed E-state index contributed by atoms with van der Waals surface area (Å²) in [6.07, 6.45) is 10.8. The highest BCUT2D eigenvalue weighted by Gasteiger charge is 2.05. The molecule has 0 N–H and O–H groups in total. The van der Waals surface area contributed by atoms with Crippen LogP contribution in [0.25, 0.3) is 16.0 Å². The molecule has 1 atom stereocenters. The van der Waals surface area contributed by atoms with Crippen LogP contribution in [0.5, 0.6) is 0 Å². The predicted octanol–water partition coefficient (Wildman–Crippen LogP) is 7.83. The largest absolute Gasteiger partial charge is 0.238 e. The van der Waals surface area contributed by atoms with Gasteiger partial charge in [0.25, 0.3) is 0 Å². The van der Waals surface area contributed by atoms with Gasteiger partial charge in [-0.25, -0.2) is 4.85 Å². The third kappa shape index (κ3) is 6.75. The molecule has 132 valence electrons. The van der Waals surface area contributed by atoms with Crippen molar-refractivity contribution in [2.24, 2.45) is 5.92 Å². The van der Waals surface area contributed by atoms with E-state index in [0.717, 1.165) is 5.92 Å². The second-order valence-electron chi connectivity index (χ2n) is 7.22. The lowest BCUT2D eigenvalue weighted by atomic mass is 9.94. The van der Waals surface area contributed by atoms with Crippen LogP contribution in [0.3, 0.4) is 0 Å². The van der Waals surface area contributed by atoms with Gasteiger partial charge in [0.15, 0.2) is 5.69 Å². The smallest absolute Gasteiger partial charge is 0.187 e. The van der Waals surface area contributed by atoms with Crippen LogP contribution in [-0.2, 0) is 6.42 Å². The first-order chi connectivity index (χ1) is 12.2. The van der Waals surface area contributed by atoms with Crippen molar-refractivity contribution in [2.45, 2.75) is 65.2 Å². The third-order valence-corrected chi connectivity index (χ3v) is 4.92. The van der Waals surface area contributed by atoms with Crippen LogP contribution in [0.4, 0.5) is 5.69 Å². The second-order valence-corrected chi connectivity index (χ2v) is 7.22. The zero-order chi connectivity index (χ0) is 17.9. The molecule has 1 heteroatoms. The normalized spacial score (nSPS) is 11.9. The van der Waals surface area contributed by atoms with Crippen LogP contribution < -0.4 is 0 Å².